The van der Waals surface area contributed by atoms with Gasteiger partial charge < -0.3 is 15.2 Å². The Morgan fingerprint density at radius 1 is 1.04 bits per heavy atom. The van der Waals surface area contributed by atoms with Crippen LogP contribution in [-0.2, 0) is 9.59 Å². The fourth-order valence-electron chi connectivity index (χ4n) is 2.35. The SMILES string of the molecule is COc1ccc(NC(=O)C[C@@H](CC(=O)O)c2ccccc2)cc1. The van der Waals surface area contributed by atoms with Crippen LogP contribution in [0.3, 0.4) is 0 Å². The molecule has 23 heavy (non-hydrogen) atoms. The summed E-state index contributed by atoms with van der Waals surface area (Å²) in [6.07, 6.45) is 0.0301. The minimum atomic E-state index is -0.920. The van der Waals surface area contributed by atoms with E-state index in [0.29, 0.717) is 11.4 Å². The van der Waals surface area contributed by atoms with Gasteiger partial charge in [0.1, 0.15) is 5.75 Å². The molecule has 2 N–H and O–H groups in total. The molecule has 0 aliphatic carbocycles. The molecule has 0 saturated heterocycles. The van der Waals surface area contributed by atoms with Gasteiger partial charge in [0.05, 0.1) is 13.5 Å². The lowest BCUT2D eigenvalue weighted by Crippen LogP contribution is -2.17. The predicted molar refractivity (Wildman–Crippen MR) is 87.7 cm³/mol. The number of nitrogens with one attached hydrogen (secondary N) is 1. The Bertz CT molecular complexity index is 652. The van der Waals surface area contributed by atoms with E-state index in [9.17, 15) is 9.59 Å². The van der Waals surface area contributed by atoms with Crippen molar-refractivity contribution in [3.63, 3.8) is 0 Å². The van der Waals surface area contributed by atoms with E-state index in [-0.39, 0.29) is 24.7 Å². The standard InChI is InChI=1S/C18H19NO4/c1-23-16-9-7-15(8-10-16)19-17(20)11-14(12-18(21)22)13-5-3-2-4-6-13/h2-10,14H,11-12H2,1H3,(H,19,20)(H,21,22)/t14-/m0/s1. The molecule has 0 fully saturated rings. The zero-order valence-corrected chi connectivity index (χ0v) is 12.9. The Balaban J connectivity index is 2.03. The molecule has 5 heteroatoms. The average molecular weight is 313 g/mol. The van der Waals surface area contributed by atoms with Gasteiger partial charge in [0.15, 0.2) is 0 Å². The Morgan fingerprint density at radius 2 is 1.70 bits per heavy atom. The molecule has 0 heterocycles. The number of hydrogen-bond donors (Lipinski definition) is 2. The largest absolute Gasteiger partial charge is 0.497 e. The van der Waals surface area contributed by atoms with Crippen molar-refractivity contribution < 1.29 is 19.4 Å². The van der Waals surface area contributed by atoms with Gasteiger partial charge in [0.2, 0.25) is 5.91 Å². The lowest BCUT2D eigenvalue weighted by Gasteiger charge is -2.15. The van der Waals surface area contributed by atoms with Crippen LogP contribution in [0.4, 0.5) is 5.69 Å². The van der Waals surface area contributed by atoms with Gasteiger partial charge in [-0.25, -0.2) is 0 Å². The first-order chi connectivity index (χ1) is 11.1. The molecule has 2 aromatic rings. The van der Waals surface area contributed by atoms with Gasteiger partial charge in [-0.15, -0.1) is 0 Å². The molecule has 1 atom stereocenters. The van der Waals surface area contributed by atoms with Gasteiger partial charge in [-0.3, -0.25) is 9.59 Å². The van der Waals surface area contributed by atoms with Gasteiger partial charge >= 0.3 is 5.97 Å². The van der Waals surface area contributed by atoms with Crippen LogP contribution in [0.5, 0.6) is 5.75 Å². The van der Waals surface area contributed by atoms with E-state index in [2.05, 4.69) is 5.32 Å². The number of amides is 1. The summed E-state index contributed by atoms with van der Waals surface area (Å²) in [5, 5.41) is 11.8. The Labute approximate surface area is 134 Å². The smallest absolute Gasteiger partial charge is 0.303 e. The van der Waals surface area contributed by atoms with Crippen molar-refractivity contribution in [1.82, 2.24) is 0 Å². The van der Waals surface area contributed by atoms with Gasteiger partial charge in [-0.05, 0) is 29.8 Å². The molecule has 2 aromatic carbocycles. The van der Waals surface area contributed by atoms with Crippen LogP contribution in [0.25, 0.3) is 0 Å². The highest BCUT2D eigenvalue weighted by Crippen LogP contribution is 2.24. The van der Waals surface area contributed by atoms with Crippen molar-refractivity contribution in [2.24, 2.45) is 0 Å². The lowest BCUT2D eigenvalue weighted by molar-refractivity contribution is -0.137. The summed E-state index contributed by atoms with van der Waals surface area (Å²) >= 11 is 0. The molecule has 0 bridgehead atoms. The summed E-state index contributed by atoms with van der Waals surface area (Å²) in [5.41, 5.74) is 1.50. The number of methoxy groups -OCH3 is 1. The molecule has 0 aliphatic rings. The maximum absolute atomic E-state index is 12.2. The Morgan fingerprint density at radius 3 is 2.26 bits per heavy atom. The molecule has 2 rings (SSSR count). The Hall–Kier alpha value is -2.82. The van der Waals surface area contributed by atoms with Crippen molar-refractivity contribution in [3.8, 4) is 5.75 Å². The number of ether oxygens (including phenoxy) is 1. The molecular weight excluding hydrogens is 294 g/mol. The molecular formula is C18H19NO4. The number of carbonyl (C=O) groups is 2. The van der Waals surface area contributed by atoms with E-state index in [4.69, 9.17) is 9.84 Å². The van der Waals surface area contributed by atoms with E-state index < -0.39 is 5.97 Å². The lowest BCUT2D eigenvalue weighted by atomic mass is 9.92. The number of carboxylic acids is 1. The fraction of sp³-hybridized carbons (Fsp3) is 0.222. The van der Waals surface area contributed by atoms with Gasteiger partial charge in [-0.2, -0.15) is 0 Å². The zero-order valence-electron chi connectivity index (χ0n) is 12.9. The minimum Gasteiger partial charge on any atom is -0.497 e. The van der Waals surface area contributed by atoms with Crippen molar-refractivity contribution in [1.29, 1.82) is 0 Å². The summed E-state index contributed by atoms with van der Waals surface area (Å²) in [5.74, 6) is -0.788. The van der Waals surface area contributed by atoms with E-state index >= 15 is 0 Å². The minimum absolute atomic E-state index is 0.0833. The van der Waals surface area contributed by atoms with E-state index in [0.717, 1.165) is 5.56 Å². The fourth-order valence-corrected chi connectivity index (χ4v) is 2.35. The highest BCUT2D eigenvalue weighted by Gasteiger charge is 2.19. The molecule has 5 nitrogen and oxygen atoms in total. The number of hydrogen-bond acceptors (Lipinski definition) is 3. The van der Waals surface area contributed by atoms with Crippen LogP contribution in [0.2, 0.25) is 0 Å². The maximum atomic E-state index is 12.2. The van der Waals surface area contributed by atoms with Gasteiger partial charge in [0.25, 0.3) is 0 Å². The molecule has 120 valence electrons. The second-order valence-corrected chi connectivity index (χ2v) is 5.19. The molecule has 0 spiro atoms. The van der Waals surface area contributed by atoms with E-state index in [1.165, 1.54) is 0 Å². The van der Waals surface area contributed by atoms with Crippen molar-refractivity contribution in [3.05, 3.63) is 60.2 Å². The van der Waals surface area contributed by atoms with Crippen LogP contribution >= 0.6 is 0 Å². The number of benzene rings is 2. The van der Waals surface area contributed by atoms with Crippen LogP contribution in [0.15, 0.2) is 54.6 Å². The third-order valence-corrected chi connectivity index (χ3v) is 3.50. The number of carboxylic acid groups (broad SMARTS) is 1. The zero-order chi connectivity index (χ0) is 16.7. The number of rotatable bonds is 7. The predicted octanol–water partition coefficient (Wildman–Crippen LogP) is 3.28. The summed E-state index contributed by atoms with van der Waals surface area (Å²) in [4.78, 5) is 23.2. The first-order valence-corrected chi connectivity index (χ1v) is 7.29. The monoisotopic (exact) mass is 313 g/mol. The molecule has 0 aromatic heterocycles. The average Bonchev–Trinajstić information content (AvgIpc) is 2.55. The third-order valence-electron chi connectivity index (χ3n) is 3.50. The van der Waals surface area contributed by atoms with Crippen LogP contribution in [0.1, 0.15) is 24.3 Å². The summed E-state index contributed by atoms with van der Waals surface area (Å²) in [6.45, 7) is 0. The van der Waals surface area contributed by atoms with E-state index in [1.807, 2.05) is 30.3 Å². The molecule has 0 radical (unpaired) electrons. The first kappa shape index (κ1) is 16.5. The normalized spacial score (nSPS) is 11.5. The third kappa shape index (κ3) is 5.14. The number of aliphatic carboxylic acids is 1. The topological polar surface area (TPSA) is 75.6 Å². The summed E-state index contributed by atoms with van der Waals surface area (Å²) < 4.78 is 5.06. The van der Waals surface area contributed by atoms with Gasteiger partial charge in [0, 0.05) is 18.0 Å². The maximum Gasteiger partial charge on any atom is 0.303 e. The summed E-state index contributed by atoms with van der Waals surface area (Å²) in [7, 11) is 1.57. The molecule has 1 amide bonds. The van der Waals surface area contributed by atoms with Crippen LogP contribution in [-0.4, -0.2) is 24.1 Å². The van der Waals surface area contributed by atoms with Crippen molar-refractivity contribution in [2.45, 2.75) is 18.8 Å². The molecule has 0 unspecified atom stereocenters. The van der Waals surface area contributed by atoms with Crippen LogP contribution in [0, 0.1) is 0 Å². The second-order valence-electron chi connectivity index (χ2n) is 5.19. The number of anilines is 1. The van der Waals surface area contributed by atoms with Gasteiger partial charge in [-0.1, -0.05) is 30.3 Å². The van der Waals surface area contributed by atoms with Crippen molar-refractivity contribution in [2.75, 3.05) is 12.4 Å². The van der Waals surface area contributed by atoms with Crippen molar-refractivity contribution >= 4 is 17.6 Å². The van der Waals surface area contributed by atoms with Crippen LogP contribution < -0.4 is 10.1 Å². The highest BCUT2D eigenvalue weighted by atomic mass is 16.5. The molecule has 0 aliphatic heterocycles. The second kappa shape index (κ2) is 7.98. The quantitative estimate of drug-likeness (QED) is 0.822. The first-order valence-electron chi connectivity index (χ1n) is 7.29. The molecule has 0 saturated carbocycles. The summed E-state index contributed by atoms with van der Waals surface area (Å²) in [6, 6.07) is 16.2. The Kier molecular flexibility index (Phi) is 5.74. The highest BCUT2D eigenvalue weighted by molar-refractivity contribution is 5.91. The van der Waals surface area contributed by atoms with E-state index in [1.54, 1.807) is 31.4 Å². The number of carbonyl (C=O) groups excluding carboxylic acids is 1.